The van der Waals surface area contributed by atoms with E-state index in [0.717, 1.165) is 9.65 Å². The molecule has 2 aromatic rings. The molecule has 5 nitrogen and oxygen atoms in total. The van der Waals surface area contributed by atoms with Gasteiger partial charge in [-0.3, -0.25) is 0 Å². The van der Waals surface area contributed by atoms with Crippen LogP contribution in [0.25, 0.3) is 17.5 Å². The van der Waals surface area contributed by atoms with Crippen molar-refractivity contribution in [3.63, 3.8) is 0 Å². The summed E-state index contributed by atoms with van der Waals surface area (Å²) in [5.41, 5.74) is 0.683. The van der Waals surface area contributed by atoms with Gasteiger partial charge in [-0.25, -0.2) is 4.79 Å². The van der Waals surface area contributed by atoms with Crippen LogP contribution in [0.2, 0.25) is 5.02 Å². The summed E-state index contributed by atoms with van der Waals surface area (Å²) in [6.07, 6.45) is 2.16. The highest BCUT2D eigenvalue weighted by Gasteiger charge is 2.08. The van der Waals surface area contributed by atoms with Crippen LogP contribution in [0.3, 0.4) is 0 Å². The van der Waals surface area contributed by atoms with Crippen LogP contribution in [0.4, 0.5) is 0 Å². The van der Waals surface area contributed by atoms with Gasteiger partial charge in [-0.15, -0.1) is 10.2 Å². The topological polar surface area (TPSA) is 76.2 Å². The minimum absolute atomic E-state index is 0.127. The van der Waals surface area contributed by atoms with Gasteiger partial charge in [0.2, 0.25) is 11.8 Å². The van der Waals surface area contributed by atoms with Crippen LogP contribution in [0.5, 0.6) is 0 Å². The Hall–Kier alpha value is -1.41. The molecule has 0 atom stereocenters. The Morgan fingerprint density at radius 1 is 1.44 bits per heavy atom. The van der Waals surface area contributed by atoms with E-state index in [1.54, 1.807) is 12.1 Å². The Labute approximate surface area is 121 Å². The quantitative estimate of drug-likeness (QED) is 0.658. The Morgan fingerprint density at radius 3 is 2.89 bits per heavy atom. The lowest BCUT2D eigenvalue weighted by atomic mass is 10.2. The van der Waals surface area contributed by atoms with E-state index < -0.39 is 5.97 Å². The number of aliphatic carboxylic acids is 1. The molecule has 0 radical (unpaired) electrons. The third-order valence-corrected chi connectivity index (χ3v) is 3.55. The Morgan fingerprint density at radius 2 is 2.22 bits per heavy atom. The molecular formula is C11H6ClIN2O3. The van der Waals surface area contributed by atoms with Crippen molar-refractivity contribution in [3.05, 3.63) is 38.8 Å². The highest BCUT2D eigenvalue weighted by Crippen LogP contribution is 2.25. The second kappa shape index (κ2) is 5.49. The number of nitrogens with zero attached hydrogens (tertiary/aromatic N) is 2. The van der Waals surface area contributed by atoms with Crippen molar-refractivity contribution in [2.24, 2.45) is 0 Å². The molecule has 1 N–H and O–H groups in total. The van der Waals surface area contributed by atoms with E-state index in [1.807, 2.05) is 6.07 Å². The van der Waals surface area contributed by atoms with Crippen molar-refractivity contribution in [2.45, 2.75) is 0 Å². The first-order valence-corrected chi connectivity index (χ1v) is 6.22. The summed E-state index contributed by atoms with van der Waals surface area (Å²) in [5, 5.41) is 16.6. The molecule has 0 bridgehead atoms. The van der Waals surface area contributed by atoms with Crippen LogP contribution in [-0.4, -0.2) is 21.3 Å². The van der Waals surface area contributed by atoms with Crippen LogP contribution in [-0.2, 0) is 4.79 Å². The molecule has 92 valence electrons. The maximum atomic E-state index is 10.3. The zero-order chi connectivity index (χ0) is 13.1. The van der Waals surface area contributed by atoms with Gasteiger partial charge in [0.25, 0.3) is 0 Å². The van der Waals surface area contributed by atoms with Crippen LogP contribution < -0.4 is 0 Å². The summed E-state index contributed by atoms with van der Waals surface area (Å²) in [4.78, 5) is 10.3. The minimum atomic E-state index is -1.08. The minimum Gasteiger partial charge on any atom is -0.478 e. The number of carboxylic acids is 1. The van der Waals surface area contributed by atoms with E-state index in [9.17, 15) is 4.79 Å². The van der Waals surface area contributed by atoms with Crippen molar-refractivity contribution < 1.29 is 14.3 Å². The third-order valence-electron chi connectivity index (χ3n) is 1.98. The van der Waals surface area contributed by atoms with E-state index >= 15 is 0 Å². The van der Waals surface area contributed by atoms with E-state index in [2.05, 4.69) is 32.8 Å². The lowest BCUT2D eigenvalue weighted by Gasteiger charge is -1.97. The molecule has 0 aliphatic carbocycles. The Kier molecular flexibility index (Phi) is 3.97. The summed E-state index contributed by atoms with van der Waals surface area (Å²) in [7, 11) is 0. The van der Waals surface area contributed by atoms with Crippen molar-refractivity contribution in [2.75, 3.05) is 0 Å². The smallest absolute Gasteiger partial charge is 0.328 e. The molecule has 0 spiro atoms. The van der Waals surface area contributed by atoms with Gasteiger partial charge in [0, 0.05) is 21.3 Å². The monoisotopic (exact) mass is 376 g/mol. The number of rotatable bonds is 3. The first-order chi connectivity index (χ1) is 8.56. The molecule has 18 heavy (non-hydrogen) atoms. The normalized spacial score (nSPS) is 11.0. The third kappa shape index (κ3) is 3.08. The molecular weight excluding hydrogens is 370 g/mol. The van der Waals surface area contributed by atoms with Crippen molar-refractivity contribution >= 4 is 46.2 Å². The molecule has 0 saturated carbocycles. The average molecular weight is 377 g/mol. The number of carbonyl (C=O) groups is 1. The van der Waals surface area contributed by atoms with Crippen molar-refractivity contribution in [3.8, 4) is 11.5 Å². The second-order valence-electron chi connectivity index (χ2n) is 3.25. The van der Waals surface area contributed by atoms with Gasteiger partial charge in [-0.05, 0) is 40.8 Å². The number of aromatic nitrogens is 2. The zero-order valence-corrected chi connectivity index (χ0v) is 11.7. The SMILES string of the molecule is O=C(O)/C=C/c1nnc(-c2ccc(I)c(Cl)c2)o1. The molecule has 1 aromatic heterocycles. The standard InChI is InChI=1S/C11H6ClIN2O3/c12-7-5-6(1-2-8(7)13)11-15-14-9(18-11)3-4-10(16)17/h1-5H,(H,16,17)/b4-3+. The van der Waals surface area contributed by atoms with Gasteiger partial charge in [0.1, 0.15) is 0 Å². The number of hydrogen-bond acceptors (Lipinski definition) is 4. The molecule has 2 rings (SSSR count). The summed E-state index contributed by atoms with van der Waals surface area (Å²) in [5.74, 6) is -0.660. The number of benzene rings is 1. The van der Waals surface area contributed by atoms with Gasteiger partial charge in [-0.1, -0.05) is 11.6 Å². The molecule has 1 aromatic carbocycles. The molecule has 0 amide bonds. The van der Waals surface area contributed by atoms with Crippen LogP contribution in [0.1, 0.15) is 5.89 Å². The van der Waals surface area contributed by atoms with Crippen molar-refractivity contribution in [1.29, 1.82) is 0 Å². The molecule has 0 saturated heterocycles. The first-order valence-electron chi connectivity index (χ1n) is 4.76. The van der Waals surface area contributed by atoms with E-state index in [4.69, 9.17) is 21.1 Å². The van der Waals surface area contributed by atoms with E-state index in [-0.39, 0.29) is 5.89 Å². The summed E-state index contributed by atoms with van der Waals surface area (Å²) >= 11 is 8.10. The van der Waals surface area contributed by atoms with Gasteiger partial charge >= 0.3 is 5.97 Å². The average Bonchev–Trinajstić information content (AvgIpc) is 2.79. The molecule has 0 unspecified atom stereocenters. The van der Waals surface area contributed by atoms with Gasteiger partial charge in [0.05, 0.1) is 5.02 Å². The van der Waals surface area contributed by atoms with Gasteiger partial charge in [0.15, 0.2) is 0 Å². The van der Waals surface area contributed by atoms with E-state index in [0.29, 0.717) is 16.5 Å². The lowest BCUT2D eigenvalue weighted by molar-refractivity contribution is -0.131. The molecule has 0 aliphatic rings. The van der Waals surface area contributed by atoms with Gasteiger partial charge < -0.3 is 9.52 Å². The first kappa shape index (κ1) is 13.0. The molecule has 0 fully saturated rings. The predicted molar refractivity (Wildman–Crippen MR) is 74.1 cm³/mol. The van der Waals surface area contributed by atoms with E-state index in [1.165, 1.54) is 6.08 Å². The summed E-state index contributed by atoms with van der Waals surface area (Å²) in [6.45, 7) is 0. The van der Waals surface area contributed by atoms with Crippen molar-refractivity contribution in [1.82, 2.24) is 10.2 Å². The number of hydrogen-bond donors (Lipinski definition) is 1. The maximum Gasteiger partial charge on any atom is 0.328 e. The lowest BCUT2D eigenvalue weighted by Crippen LogP contribution is -1.85. The zero-order valence-electron chi connectivity index (χ0n) is 8.80. The highest BCUT2D eigenvalue weighted by molar-refractivity contribution is 14.1. The Balaban J connectivity index is 2.29. The molecule has 0 aliphatic heterocycles. The second-order valence-corrected chi connectivity index (χ2v) is 4.82. The summed E-state index contributed by atoms with van der Waals surface area (Å²) in [6, 6.07) is 5.34. The van der Waals surface area contributed by atoms with Crippen LogP contribution in [0, 0.1) is 3.57 Å². The Bertz CT molecular complexity index is 625. The summed E-state index contributed by atoms with van der Waals surface area (Å²) < 4.78 is 6.20. The largest absolute Gasteiger partial charge is 0.478 e. The number of halogens is 2. The fourth-order valence-corrected chi connectivity index (χ4v) is 1.71. The fourth-order valence-electron chi connectivity index (χ4n) is 1.19. The predicted octanol–water partition coefficient (Wildman–Crippen LogP) is 3.09. The van der Waals surface area contributed by atoms with Crippen LogP contribution >= 0.6 is 34.2 Å². The highest BCUT2D eigenvalue weighted by atomic mass is 127. The van der Waals surface area contributed by atoms with Crippen LogP contribution in [0.15, 0.2) is 28.7 Å². The van der Waals surface area contributed by atoms with Gasteiger partial charge in [-0.2, -0.15) is 0 Å². The molecule has 7 heteroatoms. The fraction of sp³-hybridized carbons (Fsp3) is 0. The molecule has 1 heterocycles. The maximum absolute atomic E-state index is 10.3. The number of carboxylic acid groups (broad SMARTS) is 1.